The van der Waals surface area contributed by atoms with Crippen molar-refractivity contribution >= 4 is 58.7 Å². The van der Waals surface area contributed by atoms with E-state index in [1.165, 1.54) is 18.0 Å². The number of hydrogen-bond acceptors (Lipinski definition) is 5. The average Bonchev–Trinajstić information content (AvgIpc) is 3.12. The van der Waals surface area contributed by atoms with Gasteiger partial charge >= 0.3 is 0 Å². The second-order valence-corrected chi connectivity index (χ2v) is 8.01. The Labute approximate surface area is 187 Å². The molecule has 0 saturated heterocycles. The lowest BCUT2D eigenvalue weighted by atomic mass is 10.2. The van der Waals surface area contributed by atoms with E-state index in [0.29, 0.717) is 26.8 Å². The van der Waals surface area contributed by atoms with Gasteiger partial charge in [-0.3, -0.25) is 4.79 Å². The monoisotopic (exact) mass is 467 g/mol. The molecule has 0 aliphatic heterocycles. The highest BCUT2D eigenvalue weighted by Crippen LogP contribution is 2.25. The van der Waals surface area contributed by atoms with Crippen LogP contribution in [0.15, 0.2) is 52.7 Å². The Bertz CT molecular complexity index is 1040. The summed E-state index contributed by atoms with van der Waals surface area (Å²) in [6.07, 6.45) is 1.50. The van der Waals surface area contributed by atoms with Crippen LogP contribution < -0.4 is 5.43 Å². The number of hydrogen-bond donors (Lipinski definition) is 1. The van der Waals surface area contributed by atoms with E-state index < -0.39 is 0 Å². The molecule has 0 unspecified atom stereocenters. The number of halogens is 3. The van der Waals surface area contributed by atoms with E-state index in [2.05, 4.69) is 20.7 Å². The van der Waals surface area contributed by atoms with Crippen LogP contribution in [0.5, 0.6) is 0 Å². The molecule has 150 valence electrons. The van der Waals surface area contributed by atoms with Crippen LogP contribution in [0.3, 0.4) is 0 Å². The van der Waals surface area contributed by atoms with Crippen LogP contribution in [0.2, 0.25) is 15.1 Å². The van der Waals surface area contributed by atoms with Crippen LogP contribution in [0.25, 0.3) is 11.4 Å². The summed E-state index contributed by atoms with van der Waals surface area (Å²) in [6.45, 7) is 2.67. The van der Waals surface area contributed by atoms with Crippen LogP contribution in [0.1, 0.15) is 12.5 Å². The van der Waals surface area contributed by atoms with Gasteiger partial charge in [-0.2, -0.15) is 5.10 Å². The minimum atomic E-state index is -0.259. The summed E-state index contributed by atoms with van der Waals surface area (Å²) < 4.78 is 1.94. The fourth-order valence-electron chi connectivity index (χ4n) is 2.43. The number of rotatable bonds is 7. The number of aromatic nitrogens is 3. The van der Waals surface area contributed by atoms with Crippen molar-refractivity contribution in [3.8, 4) is 11.4 Å². The summed E-state index contributed by atoms with van der Waals surface area (Å²) in [5.41, 5.74) is 4.12. The van der Waals surface area contributed by atoms with Gasteiger partial charge in [-0.05, 0) is 48.9 Å². The minimum Gasteiger partial charge on any atom is -0.302 e. The van der Waals surface area contributed by atoms with Gasteiger partial charge in [-0.1, -0.05) is 52.6 Å². The zero-order valence-electron chi connectivity index (χ0n) is 15.3. The third-order valence-corrected chi connectivity index (χ3v) is 5.77. The maximum atomic E-state index is 12.1. The van der Waals surface area contributed by atoms with Crippen molar-refractivity contribution in [1.29, 1.82) is 0 Å². The molecule has 1 heterocycles. The molecule has 3 aromatic rings. The Morgan fingerprint density at radius 1 is 1.14 bits per heavy atom. The van der Waals surface area contributed by atoms with Gasteiger partial charge in [0.25, 0.3) is 5.91 Å². The fraction of sp³-hybridized carbons (Fsp3) is 0.158. The Kier molecular flexibility index (Phi) is 7.55. The number of nitrogens with zero attached hydrogens (tertiary/aromatic N) is 4. The van der Waals surface area contributed by atoms with Crippen molar-refractivity contribution in [3.63, 3.8) is 0 Å². The standard InChI is InChI=1S/C19H16Cl3N5OS/c1-2-27-18(13-4-6-14(20)7-5-13)25-26-19(27)29-11-17(28)24-23-10-12-3-8-15(21)16(22)9-12/h3-10H,2,11H2,1H3,(H,24,28). The van der Waals surface area contributed by atoms with Gasteiger partial charge in [0.2, 0.25) is 0 Å². The molecule has 10 heteroatoms. The number of nitrogens with one attached hydrogen (secondary N) is 1. The number of hydrazone groups is 1. The molecule has 0 saturated carbocycles. The molecule has 2 aromatic carbocycles. The molecule has 0 bridgehead atoms. The largest absolute Gasteiger partial charge is 0.302 e. The van der Waals surface area contributed by atoms with E-state index in [1.54, 1.807) is 30.3 Å². The third kappa shape index (κ3) is 5.73. The summed E-state index contributed by atoms with van der Waals surface area (Å²) >= 11 is 19.0. The van der Waals surface area contributed by atoms with Crippen molar-refractivity contribution < 1.29 is 4.79 Å². The molecular weight excluding hydrogens is 453 g/mol. The first-order valence-corrected chi connectivity index (χ1v) is 10.7. The van der Waals surface area contributed by atoms with Crippen molar-refractivity contribution in [1.82, 2.24) is 20.2 Å². The van der Waals surface area contributed by atoms with Gasteiger partial charge in [0.15, 0.2) is 11.0 Å². The normalized spacial score (nSPS) is 11.2. The Morgan fingerprint density at radius 3 is 2.59 bits per heavy atom. The van der Waals surface area contributed by atoms with E-state index in [9.17, 15) is 4.79 Å². The number of carbonyl (C=O) groups excluding carboxylic acids is 1. The third-order valence-electron chi connectivity index (χ3n) is 3.81. The molecule has 0 atom stereocenters. The van der Waals surface area contributed by atoms with Crippen LogP contribution in [-0.2, 0) is 11.3 Å². The molecule has 6 nitrogen and oxygen atoms in total. The summed E-state index contributed by atoms with van der Waals surface area (Å²) in [5, 5.41) is 14.6. The highest BCUT2D eigenvalue weighted by Gasteiger charge is 2.14. The number of amides is 1. The van der Waals surface area contributed by atoms with Crippen molar-refractivity contribution in [2.45, 2.75) is 18.6 Å². The molecule has 0 fully saturated rings. The molecule has 1 amide bonds. The summed E-state index contributed by atoms with van der Waals surface area (Å²) in [6, 6.07) is 12.5. The lowest BCUT2D eigenvalue weighted by molar-refractivity contribution is -0.118. The van der Waals surface area contributed by atoms with E-state index in [1.807, 2.05) is 23.6 Å². The maximum absolute atomic E-state index is 12.1. The van der Waals surface area contributed by atoms with Gasteiger partial charge < -0.3 is 4.57 Å². The lowest BCUT2D eigenvalue weighted by Gasteiger charge is -2.07. The van der Waals surface area contributed by atoms with Gasteiger partial charge in [0, 0.05) is 17.1 Å². The maximum Gasteiger partial charge on any atom is 0.250 e. The molecule has 0 aliphatic carbocycles. The van der Waals surface area contributed by atoms with E-state index in [0.717, 1.165) is 17.0 Å². The quantitative estimate of drug-likeness (QED) is 0.295. The second kappa shape index (κ2) is 10.1. The molecule has 3 rings (SSSR count). The van der Waals surface area contributed by atoms with Crippen molar-refractivity contribution in [2.24, 2.45) is 5.10 Å². The first-order chi connectivity index (χ1) is 14.0. The molecule has 1 N–H and O–H groups in total. The van der Waals surface area contributed by atoms with Gasteiger partial charge in [0.1, 0.15) is 0 Å². The Balaban J connectivity index is 1.59. The zero-order chi connectivity index (χ0) is 20.8. The van der Waals surface area contributed by atoms with Crippen molar-refractivity contribution in [2.75, 3.05) is 5.75 Å². The first kappa shape index (κ1) is 21.6. The fourth-order valence-corrected chi connectivity index (χ4v) is 3.65. The van der Waals surface area contributed by atoms with E-state index in [-0.39, 0.29) is 11.7 Å². The SMILES string of the molecule is CCn1c(SCC(=O)NN=Cc2ccc(Cl)c(Cl)c2)nnc1-c1ccc(Cl)cc1. The average molecular weight is 469 g/mol. The summed E-state index contributed by atoms with van der Waals surface area (Å²) in [7, 11) is 0. The highest BCUT2D eigenvalue weighted by molar-refractivity contribution is 7.99. The van der Waals surface area contributed by atoms with Gasteiger partial charge in [0.05, 0.1) is 22.0 Å². The molecule has 1 aromatic heterocycles. The predicted octanol–water partition coefficient (Wildman–Crippen LogP) is 5.17. The zero-order valence-corrected chi connectivity index (χ0v) is 18.4. The molecule has 0 aliphatic rings. The van der Waals surface area contributed by atoms with E-state index >= 15 is 0 Å². The topological polar surface area (TPSA) is 72.2 Å². The number of benzene rings is 2. The van der Waals surface area contributed by atoms with Crippen LogP contribution >= 0.6 is 46.6 Å². The first-order valence-electron chi connectivity index (χ1n) is 8.57. The molecule has 0 spiro atoms. The summed E-state index contributed by atoms with van der Waals surface area (Å²) in [5.74, 6) is 0.618. The smallest absolute Gasteiger partial charge is 0.250 e. The number of carbonyl (C=O) groups is 1. The van der Waals surface area contributed by atoms with Crippen LogP contribution in [0.4, 0.5) is 0 Å². The van der Waals surface area contributed by atoms with E-state index in [4.69, 9.17) is 34.8 Å². The summed E-state index contributed by atoms with van der Waals surface area (Å²) in [4.78, 5) is 12.1. The molecule has 0 radical (unpaired) electrons. The molecular formula is C19H16Cl3N5OS. The number of thioether (sulfide) groups is 1. The lowest BCUT2D eigenvalue weighted by Crippen LogP contribution is -2.20. The molecule has 29 heavy (non-hydrogen) atoms. The highest BCUT2D eigenvalue weighted by atomic mass is 35.5. The van der Waals surface area contributed by atoms with Gasteiger partial charge in [-0.15, -0.1) is 10.2 Å². The van der Waals surface area contributed by atoms with Crippen molar-refractivity contribution in [3.05, 3.63) is 63.1 Å². The minimum absolute atomic E-state index is 0.150. The van der Waals surface area contributed by atoms with Crippen LogP contribution in [-0.4, -0.2) is 32.6 Å². The predicted molar refractivity (Wildman–Crippen MR) is 119 cm³/mol. The van der Waals surface area contributed by atoms with Gasteiger partial charge in [-0.25, -0.2) is 5.43 Å². The Morgan fingerprint density at radius 2 is 1.90 bits per heavy atom. The Hall–Kier alpha value is -2.06. The second-order valence-electron chi connectivity index (χ2n) is 5.81. The van der Waals surface area contributed by atoms with Crippen LogP contribution in [0, 0.1) is 0 Å².